The maximum atomic E-state index is 4.37. The van der Waals surface area contributed by atoms with Crippen LogP contribution in [0.1, 0.15) is 33.3 Å². The van der Waals surface area contributed by atoms with Crippen molar-refractivity contribution in [1.29, 1.82) is 0 Å². The molecule has 2 heterocycles. The van der Waals surface area contributed by atoms with E-state index in [4.69, 9.17) is 0 Å². The zero-order valence-corrected chi connectivity index (χ0v) is 14.8. The normalized spacial score (nSPS) is 14.1. The lowest BCUT2D eigenvalue weighted by atomic mass is 9.91. The van der Waals surface area contributed by atoms with Crippen LogP contribution in [-0.4, -0.2) is 17.5 Å². The standard InChI is InChI=1S/C17H26N2Si/c1-13(10-17(2,3)4)14-8-9-16(20(5,6)7)19-12-18-11-15(14)19/h8-12H,1-7H3/b13-10+. The van der Waals surface area contributed by atoms with Gasteiger partial charge in [-0.05, 0) is 24.0 Å². The summed E-state index contributed by atoms with van der Waals surface area (Å²) in [6, 6.07) is 4.55. The summed E-state index contributed by atoms with van der Waals surface area (Å²) in [5.41, 5.74) is 4.03. The Morgan fingerprint density at radius 3 is 2.40 bits per heavy atom. The summed E-state index contributed by atoms with van der Waals surface area (Å²) in [7, 11) is -1.36. The summed E-state index contributed by atoms with van der Waals surface area (Å²) in [5, 5.41) is 1.43. The number of pyridine rings is 1. The van der Waals surface area contributed by atoms with E-state index in [0.29, 0.717) is 0 Å². The maximum absolute atomic E-state index is 4.37. The highest BCUT2D eigenvalue weighted by Crippen LogP contribution is 2.26. The van der Waals surface area contributed by atoms with E-state index in [2.05, 4.69) is 74.9 Å². The van der Waals surface area contributed by atoms with Gasteiger partial charge in [-0.15, -0.1) is 0 Å². The maximum Gasteiger partial charge on any atom is 0.0990 e. The molecule has 3 heteroatoms. The molecule has 2 aromatic rings. The topological polar surface area (TPSA) is 17.3 Å². The Balaban J connectivity index is 2.65. The van der Waals surface area contributed by atoms with Crippen molar-refractivity contribution >= 4 is 24.5 Å². The van der Waals surface area contributed by atoms with Gasteiger partial charge >= 0.3 is 0 Å². The van der Waals surface area contributed by atoms with Crippen molar-refractivity contribution in [2.75, 3.05) is 0 Å². The molecule has 0 bridgehead atoms. The van der Waals surface area contributed by atoms with Crippen molar-refractivity contribution in [3.63, 3.8) is 0 Å². The SMILES string of the molecule is C/C(=C\C(C)(C)C)c1ccc([Si](C)(C)C)n2cncc12. The van der Waals surface area contributed by atoms with Gasteiger partial charge in [0.05, 0.1) is 26.1 Å². The van der Waals surface area contributed by atoms with Crippen LogP contribution in [0.4, 0.5) is 0 Å². The van der Waals surface area contributed by atoms with Crippen molar-refractivity contribution in [1.82, 2.24) is 9.38 Å². The van der Waals surface area contributed by atoms with E-state index in [1.807, 2.05) is 12.5 Å². The van der Waals surface area contributed by atoms with E-state index in [1.165, 1.54) is 22.0 Å². The van der Waals surface area contributed by atoms with Crippen LogP contribution < -0.4 is 5.32 Å². The number of hydrogen-bond donors (Lipinski definition) is 0. The Bertz CT molecular complexity index is 652. The van der Waals surface area contributed by atoms with Crippen LogP contribution in [0.2, 0.25) is 19.6 Å². The first-order valence-corrected chi connectivity index (χ1v) is 10.7. The van der Waals surface area contributed by atoms with Gasteiger partial charge in [0.15, 0.2) is 0 Å². The Morgan fingerprint density at radius 2 is 1.85 bits per heavy atom. The van der Waals surface area contributed by atoms with Gasteiger partial charge in [-0.2, -0.15) is 0 Å². The van der Waals surface area contributed by atoms with Gasteiger partial charge in [-0.25, -0.2) is 4.98 Å². The first-order chi connectivity index (χ1) is 9.09. The predicted octanol–water partition coefficient (Wildman–Crippen LogP) is 4.33. The van der Waals surface area contributed by atoms with E-state index < -0.39 is 8.07 Å². The molecule has 0 saturated heterocycles. The second-order valence-corrected chi connectivity index (χ2v) is 12.7. The fourth-order valence-electron chi connectivity index (χ4n) is 2.69. The predicted molar refractivity (Wildman–Crippen MR) is 91.3 cm³/mol. The van der Waals surface area contributed by atoms with Crippen molar-refractivity contribution in [3.8, 4) is 0 Å². The Kier molecular flexibility index (Phi) is 3.67. The van der Waals surface area contributed by atoms with Gasteiger partial charge in [0, 0.05) is 10.9 Å². The molecule has 0 N–H and O–H groups in total. The monoisotopic (exact) mass is 286 g/mol. The van der Waals surface area contributed by atoms with Crippen LogP contribution in [0.5, 0.6) is 0 Å². The summed E-state index contributed by atoms with van der Waals surface area (Å²) < 4.78 is 2.28. The summed E-state index contributed by atoms with van der Waals surface area (Å²) in [6.45, 7) is 16.0. The van der Waals surface area contributed by atoms with Crippen molar-refractivity contribution < 1.29 is 0 Å². The van der Waals surface area contributed by atoms with Crippen molar-refractivity contribution in [2.45, 2.75) is 47.3 Å². The minimum Gasteiger partial charge on any atom is -0.307 e. The largest absolute Gasteiger partial charge is 0.307 e. The number of rotatable bonds is 2. The van der Waals surface area contributed by atoms with Crippen LogP contribution in [-0.2, 0) is 0 Å². The van der Waals surface area contributed by atoms with Gasteiger partial charge in [0.1, 0.15) is 0 Å². The zero-order valence-electron chi connectivity index (χ0n) is 13.8. The van der Waals surface area contributed by atoms with E-state index in [-0.39, 0.29) is 5.41 Å². The molecule has 0 saturated carbocycles. The smallest absolute Gasteiger partial charge is 0.0990 e. The molecule has 0 unspecified atom stereocenters. The Labute approximate surface area is 123 Å². The molecule has 2 nitrogen and oxygen atoms in total. The minimum atomic E-state index is -1.36. The lowest BCUT2D eigenvalue weighted by molar-refractivity contribution is 0.545. The highest BCUT2D eigenvalue weighted by molar-refractivity contribution is 6.88. The van der Waals surface area contributed by atoms with Crippen molar-refractivity contribution in [3.05, 3.63) is 36.3 Å². The van der Waals surface area contributed by atoms with Gasteiger partial charge in [0.2, 0.25) is 0 Å². The van der Waals surface area contributed by atoms with E-state index in [0.717, 1.165) is 0 Å². The molecule has 0 aliphatic heterocycles. The molecule has 0 fully saturated rings. The second-order valence-electron chi connectivity index (χ2n) is 7.72. The van der Waals surface area contributed by atoms with Crippen LogP contribution in [0.15, 0.2) is 30.7 Å². The number of hydrogen-bond acceptors (Lipinski definition) is 1. The van der Waals surface area contributed by atoms with Gasteiger partial charge < -0.3 is 4.40 Å². The zero-order chi connectivity index (χ0) is 15.1. The molecule has 0 atom stereocenters. The Morgan fingerprint density at radius 1 is 1.20 bits per heavy atom. The van der Waals surface area contributed by atoms with Crippen LogP contribution in [0, 0.1) is 5.41 Å². The molecule has 0 aromatic carbocycles. The van der Waals surface area contributed by atoms with Crippen LogP contribution in [0.25, 0.3) is 11.1 Å². The summed E-state index contributed by atoms with van der Waals surface area (Å²) in [5.74, 6) is 0. The minimum absolute atomic E-state index is 0.193. The molecule has 0 spiro atoms. The molecule has 2 rings (SSSR count). The number of imidazole rings is 1. The average Bonchev–Trinajstić information content (AvgIpc) is 2.71. The van der Waals surface area contributed by atoms with E-state index in [9.17, 15) is 0 Å². The molecular formula is C17H26N2Si. The summed E-state index contributed by atoms with van der Waals surface area (Å²) in [4.78, 5) is 4.37. The molecule has 20 heavy (non-hydrogen) atoms. The number of nitrogens with zero attached hydrogens (tertiary/aromatic N) is 2. The lowest BCUT2D eigenvalue weighted by Gasteiger charge is -2.21. The molecular weight excluding hydrogens is 260 g/mol. The number of allylic oxidation sites excluding steroid dienone is 2. The van der Waals surface area contributed by atoms with Crippen LogP contribution >= 0.6 is 0 Å². The third-order valence-electron chi connectivity index (χ3n) is 3.42. The lowest BCUT2D eigenvalue weighted by Crippen LogP contribution is -2.42. The first-order valence-electron chi connectivity index (χ1n) is 7.25. The van der Waals surface area contributed by atoms with Gasteiger partial charge in [0.25, 0.3) is 0 Å². The number of aromatic nitrogens is 2. The number of fused-ring (bicyclic) bond motifs is 1. The molecule has 108 valence electrons. The molecule has 0 amide bonds. The Hall–Kier alpha value is -1.35. The fraction of sp³-hybridized carbons (Fsp3) is 0.471. The molecule has 2 aromatic heterocycles. The van der Waals surface area contributed by atoms with E-state index in [1.54, 1.807) is 0 Å². The highest BCUT2D eigenvalue weighted by Gasteiger charge is 2.21. The van der Waals surface area contributed by atoms with Crippen molar-refractivity contribution in [2.24, 2.45) is 5.41 Å². The second kappa shape index (κ2) is 4.88. The third kappa shape index (κ3) is 3.03. The molecule has 0 radical (unpaired) electrons. The molecule has 0 aliphatic rings. The van der Waals surface area contributed by atoms with Crippen LogP contribution in [0.3, 0.4) is 0 Å². The molecule has 0 aliphatic carbocycles. The van der Waals surface area contributed by atoms with Gasteiger partial charge in [-0.3, -0.25) is 0 Å². The fourth-order valence-corrected chi connectivity index (χ4v) is 4.17. The quantitative estimate of drug-likeness (QED) is 0.751. The van der Waals surface area contributed by atoms with Gasteiger partial charge in [-0.1, -0.05) is 52.6 Å². The highest BCUT2D eigenvalue weighted by atomic mass is 28.3. The first kappa shape index (κ1) is 15.0. The summed E-state index contributed by atoms with van der Waals surface area (Å²) in [6.07, 6.45) is 6.28. The van der Waals surface area contributed by atoms with E-state index >= 15 is 0 Å². The average molecular weight is 286 g/mol. The third-order valence-corrected chi connectivity index (χ3v) is 5.37. The summed E-state index contributed by atoms with van der Waals surface area (Å²) >= 11 is 0.